The Labute approximate surface area is 159 Å². The molecule has 0 aliphatic carbocycles. The van der Waals surface area contributed by atoms with E-state index in [2.05, 4.69) is 29.1 Å². The summed E-state index contributed by atoms with van der Waals surface area (Å²) in [6, 6.07) is 0.598. The molecule has 25 heavy (non-hydrogen) atoms. The second-order valence-corrected chi connectivity index (χ2v) is 8.22. The summed E-state index contributed by atoms with van der Waals surface area (Å²) in [4.78, 5) is 17.3. The second-order valence-electron chi connectivity index (χ2n) is 6.97. The molecular formula is C20H39N3OS. The van der Waals surface area contributed by atoms with E-state index in [1.54, 1.807) is 11.8 Å². The summed E-state index contributed by atoms with van der Waals surface area (Å²) in [5.74, 6) is 0.856. The van der Waals surface area contributed by atoms with Gasteiger partial charge < -0.3 is 10.6 Å². The summed E-state index contributed by atoms with van der Waals surface area (Å²) in [5, 5.41) is 2.59. The number of hydrogen-bond acceptors (Lipinski definition) is 4. The van der Waals surface area contributed by atoms with Crippen LogP contribution in [0.15, 0.2) is 11.0 Å². The van der Waals surface area contributed by atoms with Crippen LogP contribution in [-0.4, -0.2) is 59.7 Å². The SMILES string of the molecule is CC.CCC(CCN)C(C)S/C=C(\C)C(=O)N1CCN2CCCC2C1. The van der Waals surface area contributed by atoms with Gasteiger partial charge in [-0.1, -0.05) is 34.1 Å². The topological polar surface area (TPSA) is 49.6 Å². The fraction of sp³-hybridized carbons (Fsp3) is 0.850. The highest BCUT2D eigenvalue weighted by molar-refractivity contribution is 8.02. The molecule has 0 spiro atoms. The predicted octanol–water partition coefficient (Wildman–Crippen LogP) is 3.72. The minimum atomic E-state index is 0.225. The van der Waals surface area contributed by atoms with Crippen molar-refractivity contribution in [2.24, 2.45) is 11.7 Å². The van der Waals surface area contributed by atoms with Crippen LogP contribution >= 0.6 is 11.8 Å². The van der Waals surface area contributed by atoms with Gasteiger partial charge >= 0.3 is 0 Å². The van der Waals surface area contributed by atoms with Gasteiger partial charge in [-0.2, -0.15) is 0 Å². The number of fused-ring (bicyclic) bond motifs is 1. The fourth-order valence-corrected chi connectivity index (χ4v) is 4.85. The Morgan fingerprint density at radius 1 is 1.32 bits per heavy atom. The van der Waals surface area contributed by atoms with E-state index in [0.717, 1.165) is 44.6 Å². The lowest BCUT2D eigenvalue weighted by atomic mass is 9.99. The molecule has 2 rings (SSSR count). The molecule has 0 radical (unpaired) electrons. The lowest BCUT2D eigenvalue weighted by molar-refractivity contribution is -0.129. The molecule has 2 saturated heterocycles. The third kappa shape index (κ3) is 6.61. The van der Waals surface area contributed by atoms with Crippen molar-refractivity contribution in [3.05, 3.63) is 11.0 Å². The number of carbonyl (C=O) groups excluding carboxylic acids is 1. The first-order valence-electron chi connectivity index (χ1n) is 10.1. The molecule has 0 aromatic carbocycles. The minimum Gasteiger partial charge on any atom is -0.336 e. The zero-order chi connectivity index (χ0) is 18.8. The van der Waals surface area contributed by atoms with Gasteiger partial charge in [-0.05, 0) is 50.6 Å². The van der Waals surface area contributed by atoms with E-state index in [0.29, 0.717) is 17.2 Å². The Morgan fingerprint density at radius 3 is 2.68 bits per heavy atom. The van der Waals surface area contributed by atoms with Gasteiger partial charge in [-0.15, -0.1) is 11.8 Å². The van der Waals surface area contributed by atoms with Crippen LogP contribution in [0, 0.1) is 5.92 Å². The number of amides is 1. The van der Waals surface area contributed by atoms with Gasteiger partial charge in [0.15, 0.2) is 0 Å². The maximum atomic E-state index is 12.7. The highest BCUT2D eigenvalue weighted by Gasteiger charge is 2.32. The van der Waals surface area contributed by atoms with Crippen LogP contribution in [0.3, 0.4) is 0 Å². The lowest BCUT2D eigenvalue weighted by Gasteiger charge is -2.37. The van der Waals surface area contributed by atoms with Crippen LogP contribution < -0.4 is 5.73 Å². The van der Waals surface area contributed by atoms with Crippen LogP contribution in [-0.2, 0) is 4.79 Å². The molecule has 2 fully saturated rings. The quantitative estimate of drug-likeness (QED) is 0.695. The highest BCUT2D eigenvalue weighted by atomic mass is 32.2. The minimum absolute atomic E-state index is 0.225. The maximum absolute atomic E-state index is 12.7. The standard InChI is InChI=1S/C18H33N3OS.C2H6/c1-4-16(7-8-19)15(3)23-13-14(2)18(22)21-11-10-20-9-5-6-17(20)12-21;1-2/h13,15-17H,4-12,19H2,1-3H3;1-2H3/b14-13+;. The first kappa shape index (κ1) is 22.5. The normalized spacial score (nSPS) is 23.5. The molecule has 2 aliphatic rings. The first-order chi connectivity index (χ1) is 12.1. The van der Waals surface area contributed by atoms with Crippen molar-refractivity contribution in [1.29, 1.82) is 0 Å². The molecule has 0 aromatic heterocycles. The van der Waals surface area contributed by atoms with E-state index in [9.17, 15) is 4.79 Å². The van der Waals surface area contributed by atoms with Gasteiger partial charge in [-0.25, -0.2) is 0 Å². The summed E-state index contributed by atoms with van der Waals surface area (Å²) in [6.45, 7) is 15.2. The zero-order valence-electron chi connectivity index (χ0n) is 17.0. The van der Waals surface area contributed by atoms with Crippen LogP contribution in [0.2, 0.25) is 0 Å². The molecule has 146 valence electrons. The summed E-state index contributed by atoms with van der Waals surface area (Å²) in [7, 11) is 0. The van der Waals surface area contributed by atoms with Crippen molar-refractivity contribution < 1.29 is 4.79 Å². The molecule has 0 saturated carbocycles. The molecule has 2 heterocycles. The van der Waals surface area contributed by atoms with Crippen molar-refractivity contribution in [2.75, 3.05) is 32.7 Å². The van der Waals surface area contributed by atoms with Crippen LogP contribution in [0.25, 0.3) is 0 Å². The number of thioether (sulfide) groups is 1. The molecule has 1 amide bonds. The number of hydrogen-bond donors (Lipinski definition) is 1. The lowest BCUT2D eigenvalue weighted by Crippen LogP contribution is -2.52. The molecule has 3 unspecified atom stereocenters. The van der Waals surface area contributed by atoms with E-state index in [-0.39, 0.29) is 5.91 Å². The molecule has 3 atom stereocenters. The second kappa shape index (κ2) is 12.0. The Morgan fingerprint density at radius 2 is 2.04 bits per heavy atom. The first-order valence-corrected chi connectivity index (χ1v) is 11.1. The zero-order valence-corrected chi connectivity index (χ0v) is 17.8. The number of rotatable bonds is 7. The van der Waals surface area contributed by atoms with E-state index in [1.807, 2.05) is 20.8 Å². The predicted molar refractivity (Wildman–Crippen MR) is 111 cm³/mol. The van der Waals surface area contributed by atoms with Crippen molar-refractivity contribution in [3.63, 3.8) is 0 Å². The Hall–Kier alpha value is -0.520. The average molecular weight is 370 g/mol. The highest BCUT2D eigenvalue weighted by Crippen LogP contribution is 2.27. The Kier molecular flexibility index (Phi) is 10.8. The Balaban J connectivity index is 0.00000151. The maximum Gasteiger partial charge on any atom is 0.250 e. The number of nitrogens with zero attached hydrogens (tertiary/aromatic N) is 2. The van der Waals surface area contributed by atoms with Crippen molar-refractivity contribution in [2.45, 2.75) is 71.6 Å². The number of piperazine rings is 1. The van der Waals surface area contributed by atoms with Gasteiger partial charge in [0.25, 0.3) is 0 Å². The Bertz CT molecular complexity index is 427. The van der Waals surface area contributed by atoms with Crippen molar-refractivity contribution >= 4 is 17.7 Å². The smallest absolute Gasteiger partial charge is 0.250 e. The number of carbonyl (C=O) groups is 1. The van der Waals surface area contributed by atoms with Gasteiger partial charge in [0.05, 0.1) is 0 Å². The molecule has 0 bridgehead atoms. The molecule has 2 N–H and O–H groups in total. The van der Waals surface area contributed by atoms with E-state index in [4.69, 9.17) is 5.73 Å². The molecule has 0 aromatic rings. The largest absolute Gasteiger partial charge is 0.336 e. The summed E-state index contributed by atoms with van der Waals surface area (Å²) in [5.41, 5.74) is 6.58. The molecule has 2 aliphatic heterocycles. The third-order valence-electron chi connectivity index (χ3n) is 5.40. The summed E-state index contributed by atoms with van der Waals surface area (Å²) >= 11 is 1.79. The third-order valence-corrected chi connectivity index (χ3v) is 6.70. The number of nitrogens with two attached hydrogens (primary N) is 1. The van der Waals surface area contributed by atoms with E-state index < -0.39 is 0 Å². The van der Waals surface area contributed by atoms with Gasteiger partial charge in [0, 0.05) is 36.5 Å². The van der Waals surface area contributed by atoms with Crippen LogP contribution in [0.4, 0.5) is 0 Å². The summed E-state index contributed by atoms with van der Waals surface area (Å²) in [6.07, 6.45) is 4.75. The molecular weight excluding hydrogens is 330 g/mol. The fourth-order valence-electron chi connectivity index (χ4n) is 3.78. The van der Waals surface area contributed by atoms with Crippen LogP contribution in [0.1, 0.15) is 60.3 Å². The van der Waals surface area contributed by atoms with Gasteiger partial charge in [0.2, 0.25) is 5.91 Å². The van der Waals surface area contributed by atoms with Gasteiger partial charge in [-0.3, -0.25) is 9.69 Å². The average Bonchev–Trinajstić information content (AvgIpc) is 3.12. The summed E-state index contributed by atoms with van der Waals surface area (Å²) < 4.78 is 0. The van der Waals surface area contributed by atoms with Crippen molar-refractivity contribution in [1.82, 2.24) is 9.80 Å². The van der Waals surface area contributed by atoms with Gasteiger partial charge in [0.1, 0.15) is 0 Å². The van der Waals surface area contributed by atoms with Crippen molar-refractivity contribution in [3.8, 4) is 0 Å². The van der Waals surface area contributed by atoms with Crippen LogP contribution in [0.5, 0.6) is 0 Å². The monoisotopic (exact) mass is 369 g/mol. The molecule has 5 heteroatoms. The van der Waals surface area contributed by atoms with E-state index in [1.165, 1.54) is 19.4 Å². The van der Waals surface area contributed by atoms with E-state index >= 15 is 0 Å². The molecule has 4 nitrogen and oxygen atoms in total.